The summed E-state index contributed by atoms with van der Waals surface area (Å²) in [5.41, 5.74) is 1.38. The van der Waals surface area contributed by atoms with Crippen LogP contribution in [0, 0.1) is 0 Å². The van der Waals surface area contributed by atoms with Gasteiger partial charge in [0.05, 0.1) is 7.11 Å². The van der Waals surface area contributed by atoms with E-state index in [4.69, 9.17) is 18.7 Å². The average Bonchev–Trinajstić information content (AvgIpc) is 3.16. The monoisotopic (exact) mass is 353 g/mol. The third-order valence-electron chi connectivity index (χ3n) is 3.68. The Bertz CT molecular complexity index is 842. The molecular formula is C20H19NO5. The van der Waals surface area contributed by atoms with E-state index in [0.29, 0.717) is 17.2 Å². The summed E-state index contributed by atoms with van der Waals surface area (Å²) in [5, 5.41) is 3.93. The van der Waals surface area contributed by atoms with Crippen LogP contribution in [0.3, 0.4) is 0 Å². The molecular weight excluding hydrogens is 334 g/mol. The molecule has 6 heteroatoms. The molecule has 0 radical (unpaired) electrons. The highest BCUT2D eigenvalue weighted by atomic mass is 16.6. The van der Waals surface area contributed by atoms with E-state index < -0.39 is 12.1 Å². The minimum Gasteiger partial charge on any atom is -0.497 e. The average molecular weight is 353 g/mol. The predicted molar refractivity (Wildman–Crippen MR) is 94.8 cm³/mol. The molecule has 3 aromatic rings. The van der Waals surface area contributed by atoms with E-state index >= 15 is 0 Å². The first-order valence-electron chi connectivity index (χ1n) is 8.14. The van der Waals surface area contributed by atoms with Gasteiger partial charge in [-0.2, -0.15) is 0 Å². The molecule has 0 amide bonds. The number of aromatic nitrogens is 1. The zero-order chi connectivity index (χ0) is 18.4. The minimum absolute atomic E-state index is 0.0149. The van der Waals surface area contributed by atoms with Crippen LogP contribution in [-0.4, -0.2) is 24.3 Å². The van der Waals surface area contributed by atoms with Gasteiger partial charge in [0, 0.05) is 11.6 Å². The summed E-state index contributed by atoms with van der Waals surface area (Å²) in [5.74, 6) is 1.49. The van der Waals surface area contributed by atoms with Gasteiger partial charge in [-0.1, -0.05) is 23.4 Å². The molecule has 0 spiro atoms. The van der Waals surface area contributed by atoms with E-state index in [9.17, 15) is 4.79 Å². The Hall–Kier alpha value is -3.28. The van der Waals surface area contributed by atoms with Gasteiger partial charge < -0.3 is 18.7 Å². The number of para-hydroxylation sites is 1. The molecule has 0 saturated carbocycles. The first-order chi connectivity index (χ1) is 12.7. The first kappa shape index (κ1) is 17.5. The van der Waals surface area contributed by atoms with Crippen LogP contribution in [0.15, 0.2) is 65.2 Å². The summed E-state index contributed by atoms with van der Waals surface area (Å²) in [6.07, 6.45) is -0.717. The summed E-state index contributed by atoms with van der Waals surface area (Å²) in [6, 6.07) is 18.2. The first-order valence-corrected chi connectivity index (χ1v) is 8.14. The summed E-state index contributed by atoms with van der Waals surface area (Å²) in [4.78, 5) is 12.0. The molecule has 0 bridgehead atoms. The van der Waals surface area contributed by atoms with Crippen LogP contribution in [0.4, 0.5) is 0 Å². The second-order valence-corrected chi connectivity index (χ2v) is 5.59. The zero-order valence-corrected chi connectivity index (χ0v) is 14.5. The maximum Gasteiger partial charge on any atom is 0.347 e. The van der Waals surface area contributed by atoms with Crippen molar-refractivity contribution in [1.29, 1.82) is 0 Å². The van der Waals surface area contributed by atoms with Crippen molar-refractivity contribution in [1.82, 2.24) is 5.16 Å². The van der Waals surface area contributed by atoms with Crippen molar-refractivity contribution < 1.29 is 23.5 Å². The summed E-state index contributed by atoms with van der Waals surface area (Å²) >= 11 is 0. The van der Waals surface area contributed by atoms with E-state index in [0.717, 1.165) is 11.3 Å². The van der Waals surface area contributed by atoms with Crippen LogP contribution in [0.2, 0.25) is 0 Å². The van der Waals surface area contributed by atoms with Crippen LogP contribution in [-0.2, 0) is 16.1 Å². The van der Waals surface area contributed by atoms with Crippen LogP contribution in [0.1, 0.15) is 12.6 Å². The van der Waals surface area contributed by atoms with Gasteiger partial charge in [-0.25, -0.2) is 4.79 Å². The fourth-order valence-electron chi connectivity index (χ4n) is 2.28. The molecule has 2 aromatic carbocycles. The second kappa shape index (κ2) is 8.20. The van der Waals surface area contributed by atoms with E-state index in [1.165, 1.54) is 0 Å². The number of rotatable bonds is 7. The Morgan fingerprint density at radius 1 is 1.08 bits per heavy atom. The molecule has 0 saturated heterocycles. The molecule has 26 heavy (non-hydrogen) atoms. The number of nitrogens with zero attached hydrogens (tertiary/aromatic N) is 1. The number of esters is 1. The second-order valence-electron chi connectivity index (χ2n) is 5.59. The Kier molecular flexibility index (Phi) is 5.53. The van der Waals surface area contributed by atoms with Crippen molar-refractivity contribution in [2.75, 3.05) is 7.11 Å². The van der Waals surface area contributed by atoms with Gasteiger partial charge in [0.25, 0.3) is 0 Å². The van der Waals surface area contributed by atoms with Gasteiger partial charge in [-0.05, 0) is 43.3 Å². The zero-order valence-electron chi connectivity index (χ0n) is 14.5. The normalized spacial score (nSPS) is 11.6. The molecule has 0 fully saturated rings. The number of benzene rings is 2. The topological polar surface area (TPSA) is 70.8 Å². The van der Waals surface area contributed by atoms with Gasteiger partial charge in [0.2, 0.25) is 0 Å². The van der Waals surface area contributed by atoms with Crippen molar-refractivity contribution in [3.05, 3.63) is 66.4 Å². The molecule has 1 unspecified atom stereocenters. The fourth-order valence-corrected chi connectivity index (χ4v) is 2.28. The van der Waals surface area contributed by atoms with E-state index in [1.807, 2.05) is 42.5 Å². The van der Waals surface area contributed by atoms with E-state index in [-0.39, 0.29) is 6.61 Å². The van der Waals surface area contributed by atoms with Crippen LogP contribution in [0.5, 0.6) is 11.5 Å². The molecule has 0 aliphatic carbocycles. The van der Waals surface area contributed by atoms with Crippen LogP contribution < -0.4 is 9.47 Å². The number of carbonyl (C=O) groups is 1. The van der Waals surface area contributed by atoms with Crippen LogP contribution in [0.25, 0.3) is 11.3 Å². The SMILES string of the molecule is COc1ccc(-c2cc(COC(=O)C(C)Oc3ccccc3)no2)cc1. The molecule has 1 atom stereocenters. The quantitative estimate of drug-likeness (QED) is 0.601. The molecule has 3 rings (SSSR count). The fraction of sp³-hybridized carbons (Fsp3) is 0.200. The summed E-state index contributed by atoms with van der Waals surface area (Å²) in [6.45, 7) is 1.65. The molecule has 0 N–H and O–H groups in total. The van der Waals surface area contributed by atoms with Crippen molar-refractivity contribution in [3.63, 3.8) is 0 Å². The standard InChI is InChI=1S/C20H19NO5/c1-14(25-18-6-4-3-5-7-18)20(22)24-13-16-12-19(26-21-16)15-8-10-17(23-2)11-9-15/h3-12,14H,13H2,1-2H3. The van der Waals surface area contributed by atoms with Crippen molar-refractivity contribution >= 4 is 5.97 Å². The van der Waals surface area contributed by atoms with Gasteiger partial charge in [0.1, 0.15) is 23.8 Å². The lowest BCUT2D eigenvalue weighted by molar-refractivity contribution is -0.152. The highest BCUT2D eigenvalue weighted by Gasteiger charge is 2.17. The molecule has 6 nitrogen and oxygen atoms in total. The number of hydrogen-bond acceptors (Lipinski definition) is 6. The lowest BCUT2D eigenvalue weighted by Crippen LogP contribution is -2.26. The van der Waals surface area contributed by atoms with Gasteiger partial charge in [-0.3, -0.25) is 0 Å². The molecule has 1 heterocycles. The van der Waals surface area contributed by atoms with Crippen LogP contribution >= 0.6 is 0 Å². The van der Waals surface area contributed by atoms with E-state index in [1.54, 1.807) is 32.2 Å². The molecule has 0 aliphatic rings. The number of hydrogen-bond donors (Lipinski definition) is 0. The number of methoxy groups -OCH3 is 1. The lowest BCUT2D eigenvalue weighted by Gasteiger charge is -2.13. The van der Waals surface area contributed by atoms with Gasteiger partial charge >= 0.3 is 5.97 Å². The Balaban J connectivity index is 1.54. The molecule has 1 aromatic heterocycles. The van der Waals surface area contributed by atoms with Crippen molar-refractivity contribution in [2.24, 2.45) is 0 Å². The largest absolute Gasteiger partial charge is 0.497 e. The minimum atomic E-state index is -0.717. The van der Waals surface area contributed by atoms with Crippen molar-refractivity contribution in [2.45, 2.75) is 19.6 Å². The Morgan fingerprint density at radius 2 is 1.81 bits per heavy atom. The maximum absolute atomic E-state index is 12.0. The predicted octanol–water partition coefficient (Wildman–Crippen LogP) is 3.86. The maximum atomic E-state index is 12.0. The smallest absolute Gasteiger partial charge is 0.347 e. The summed E-state index contributed by atoms with van der Waals surface area (Å²) < 4.78 is 21.2. The van der Waals surface area contributed by atoms with Gasteiger partial charge in [0.15, 0.2) is 11.9 Å². The highest BCUT2D eigenvalue weighted by molar-refractivity contribution is 5.74. The highest BCUT2D eigenvalue weighted by Crippen LogP contribution is 2.23. The third-order valence-corrected chi connectivity index (χ3v) is 3.68. The number of carbonyl (C=O) groups excluding carboxylic acids is 1. The Labute approximate surface area is 151 Å². The van der Waals surface area contributed by atoms with E-state index in [2.05, 4.69) is 5.16 Å². The summed E-state index contributed by atoms with van der Waals surface area (Å²) in [7, 11) is 1.61. The molecule has 134 valence electrons. The molecule has 0 aliphatic heterocycles. The third kappa shape index (κ3) is 4.42. The van der Waals surface area contributed by atoms with Crippen molar-refractivity contribution in [3.8, 4) is 22.8 Å². The lowest BCUT2D eigenvalue weighted by atomic mass is 10.1. The Morgan fingerprint density at radius 3 is 2.50 bits per heavy atom. The van der Waals surface area contributed by atoms with Gasteiger partial charge in [-0.15, -0.1) is 0 Å². The number of ether oxygens (including phenoxy) is 3.